The minimum Gasteiger partial charge on any atom is -0.493 e. The van der Waals surface area contributed by atoms with Crippen LogP contribution in [0.2, 0.25) is 0 Å². The zero-order chi connectivity index (χ0) is 16.2. The molecule has 2 N–H and O–H groups in total. The summed E-state index contributed by atoms with van der Waals surface area (Å²) in [4.78, 5) is 17.1. The first-order valence-corrected chi connectivity index (χ1v) is 8.51. The van der Waals surface area contributed by atoms with Gasteiger partial charge >= 0.3 is 0 Å². The van der Waals surface area contributed by atoms with E-state index in [9.17, 15) is 4.79 Å². The molecule has 0 atom stereocenters. The van der Waals surface area contributed by atoms with E-state index in [1.807, 2.05) is 19.2 Å². The van der Waals surface area contributed by atoms with Crippen LogP contribution in [0, 0.1) is 12.8 Å². The first kappa shape index (κ1) is 16.0. The number of carbonyl (C=O) groups excluding carboxylic acids is 1. The summed E-state index contributed by atoms with van der Waals surface area (Å²) in [6.07, 6.45) is 3.83. The average Bonchev–Trinajstić information content (AvgIpc) is 3.00. The quantitative estimate of drug-likeness (QED) is 0.913. The third kappa shape index (κ3) is 4.09. The fourth-order valence-electron chi connectivity index (χ4n) is 2.56. The van der Waals surface area contributed by atoms with Crippen LogP contribution in [-0.4, -0.2) is 30.7 Å². The van der Waals surface area contributed by atoms with Gasteiger partial charge < -0.3 is 15.2 Å². The maximum absolute atomic E-state index is 11.6. The number of hydrogen-bond donors (Lipinski definition) is 1. The van der Waals surface area contributed by atoms with Crippen molar-refractivity contribution in [3.8, 4) is 16.3 Å². The first-order valence-electron chi connectivity index (χ1n) is 7.70. The van der Waals surface area contributed by atoms with Crippen LogP contribution in [0.4, 0.5) is 0 Å². The van der Waals surface area contributed by atoms with E-state index >= 15 is 0 Å². The lowest BCUT2D eigenvalue weighted by atomic mass is 10.0. The Balaban J connectivity index is 1.80. The lowest BCUT2D eigenvalue weighted by Gasteiger charge is -2.22. The van der Waals surface area contributed by atoms with Crippen molar-refractivity contribution in [3.63, 3.8) is 0 Å². The molecule has 6 heteroatoms. The van der Waals surface area contributed by atoms with Crippen LogP contribution in [0.25, 0.3) is 10.6 Å². The molecule has 1 aromatic heterocycles. The summed E-state index contributed by atoms with van der Waals surface area (Å²) in [6.45, 7) is 4.21. The molecule has 1 aromatic carbocycles. The SMILES string of the molecule is Cc1cnc(-c2cc(OCC3CCOCC3)cc(C(N)=O)c2)s1. The molecule has 3 rings (SSSR count). The zero-order valence-corrected chi connectivity index (χ0v) is 13.9. The van der Waals surface area contributed by atoms with E-state index in [-0.39, 0.29) is 0 Å². The zero-order valence-electron chi connectivity index (χ0n) is 13.1. The number of ether oxygens (including phenoxy) is 2. The summed E-state index contributed by atoms with van der Waals surface area (Å²) >= 11 is 1.58. The summed E-state index contributed by atoms with van der Waals surface area (Å²) in [7, 11) is 0. The van der Waals surface area contributed by atoms with Gasteiger partial charge in [0.15, 0.2) is 0 Å². The molecule has 0 spiro atoms. The number of nitrogens with zero attached hydrogens (tertiary/aromatic N) is 1. The van der Waals surface area contributed by atoms with Crippen LogP contribution in [-0.2, 0) is 4.74 Å². The molecule has 2 heterocycles. The molecule has 1 amide bonds. The van der Waals surface area contributed by atoms with Gasteiger partial charge in [0.1, 0.15) is 10.8 Å². The number of aryl methyl sites for hydroxylation is 1. The Bertz CT molecular complexity index is 693. The standard InChI is InChI=1S/C17H20N2O3S/c1-11-9-19-17(23-11)14-6-13(16(18)20)7-15(8-14)22-10-12-2-4-21-5-3-12/h6-9,12H,2-5,10H2,1H3,(H2,18,20). The molecular formula is C17H20N2O3S. The second-order valence-corrected chi connectivity index (χ2v) is 6.99. The number of carbonyl (C=O) groups is 1. The Morgan fingerprint density at radius 2 is 2.17 bits per heavy atom. The van der Waals surface area contributed by atoms with E-state index in [0.29, 0.717) is 23.8 Å². The van der Waals surface area contributed by atoms with Gasteiger partial charge in [-0.3, -0.25) is 4.79 Å². The molecule has 0 bridgehead atoms. The number of thiazole rings is 1. The number of rotatable bonds is 5. The van der Waals surface area contributed by atoms with Gasteiger partial charge in [-0.1, -0.05) is 0 Å². The van der Waals surface area contributed by atoms with Crippen LogP contribution in [0.3, 0.4) is 0 Å². The molecule has 1 fully saturated rings. The van der Waals surface area contributed by atoms with Crippen molar-refractivity contribution in [1.82, 2.24) is 4.98 Å². The van der Waals surface area contributed by atoms with Crippen LogP contribution in [0.15, 0.2) is 24.4 Å². The highest BCUT2D eigenvalue weighted by Crippen LogP contribution is 2.30. The smallest absolute Gasteiger partial charge is 0.248 e. The number of nitrogens with two attached hydrogens (primary N) is 1. The van der Waals surface area contributed by atoms with Crippen molar-refractivity contribution in [2.24, 2.45) is 11.7 Å². The van der Waals surface area contributed by atoms with Gasteiger partial charge in [0.05, 0.1) is 6.61 Å². The van der Waals surface area contributed by atoms with E-state index < -0.39 is 5.91 Å². The Kier molecular flexibility index (Phi) is 4.93. The van der Waals surface area contributed by atoms with Crippen molar-refractivity contribution in [2.45, 2.75) is 19.8 Å². The maximum Gasteiger partial charge on any atom is 0.248 e. The summed E-state index contributed by atoms with van der Waals surface area (Å²) in [5.41, 5.74) is 6.75. The van der Waals surface area contributed by atoms with E-state index in [4.69, 9.17) is 15.2 Å². The normalized spacial score (nSPS) is 15.5. The monoisotopic (exact) mass is 332 g/mol. The van der Waals surface area contributed by atoms with Crippen molar-refractivity contribution < 1.29 is 14.3 Å². The van der Waals surface area contributed by atoms with Gasteiger partial charge in [0, 0.05) is 35.4 Å². The second-order valence-electron chi connectivity index (χ2n) is 5.75. The summed E-state index contributed by atoms with van der Waals surface area (Å²) in [5, 5.41) is 0.863. The van der Waals surface area contributed by atoms with Crippen molar-refractivity contribution in [1.29, 1.82) is 0 Å². The third-order valence-corrected chi connectivity index (χ3v) is 4.85. The maximum atomic E-state index is 11.6. The molecule has 0 aliphatic carbocycles. The average molecular weight is 332 g/mol. The molecule has 1 saturated heterocycles. The Labute approximate surface area is 139 Å². The van der Waals surface area contributed by atoms with Gasteiger partial charge in [0.25, 0.3) is 0 Å². The van der Waals surface area contributed by atoms with Crippen molar-refractivity contribution in [2.75, 3.05) is 19.8 Å². The summed E-state index contributed by atoms with van der Waals surface area (Å²) in [5.74, 6) is 0.693. The molecule has 0 unspecified atom stereocenters. The van der Waals surface area contributed by atoms with Gasteiger partial charge in [-0.05, 0) is 43.9 Å². The van der Waals surface area contributed by atoms with E-state index in [2.05, 4.69) is 4.98 Å². The lowest BCUT2D eigenvalue weighted by Crippen LogP contribution is -2.21. The van der Waals surface area contributed by atoms with Crippen LogP contribution < -0.4 is 10.5 Å². The van der Waals surface area contributed by atoms with Gasteiger partial charge in [-0.2, -0.15) is 0 Å². The number of primary amides is 1. The molecule has 0 saturated carbocycles. The predicted molar refractivity (Wildman–Crippen MR) is 89.8 cm³/mol. The molecule has 1 aliphatic rings. The minimum atomic E-state index is -0.462. The Morgan fingerprint density at radius 3 is 2.83 bits per heavy atom. The number of hydrogen-bond acceptors (Lipinski definition) is 5. The highest BCUT2D eigenvalue weighted by Gasteiger charge is 2.16. The summed E-state index contributed by atoms with van der Waals surface area (Å²) < 4.78 is 11.3. The molecule has 1 aliphatic heterocycles. The minimum absolute atomic E-state index is 0.442. The number of benzene rings is 1. The molecule has 0 radical (unpaired) electrons. The van der Waals surface area contributed by atoms with Crippen molar-refractivity contribution >= 4 is 17.2 Å². The Hall–Kier alpha value is -1.92. The highest BCUT2D eigenvalue weighted by atomic mass is 32.1. The fraction of sp³-hybridized carbons (Fsp3) is 0.412. The van der Waals surface area contributed by atoms with Crippen LogP contribution in [0.5, 0.6) is 5.75 Å². The van der Waals surface area contributed by atoms with E-state index in [1.54, 1.807) is 23.5 Å². The van der Waals surface area contributed by atoms with Crippen LogP contribution >= 0.6 is 11.3 Å². The van der Waals surface area contributed by atoms with Gasteiger partial charge in [-0.25, -0.2) is 4.98 Å². The number of aromatic nitrogens is 1. The first-order chi connectivity index (χ1) is 11.1. The van der Waals surface area contributed by atoms with Gasteiger partial charge in [-0.15, -0.1) is 11.3 Å². The number of amides is 1. The molecule has 23 heavy (non-hydrogen) atoms. The summed E-state index contributed by atoms with van der Waals surface area (Å²) in [6, 6.07) is 5.39. The predicted octanol–water partition coefficient (Wildman–Crippen LogP) is 3.02. The largest absolute Gasteiger partial charge is 0.493 e. The molecular weight excluding hydrogens is 312 g/mol. The third-order valence-electron chi connectivity index (χ3n) is 3.89. The highest BCUT2D eigenvalue weighted by molar-refractivity contribution is 7.14. The topological polar surface area (TPSA) is 74.4 Å². The van der Waals surface area contributed by atoms with Crippen LogP contribution in [0.1, 0.15) is 28.1 Å². The lowest BCUT2D eigenvalue weighted by molar-refractivity contribution is 0.0497. The molecule has 122 valence electrons. The molecule has 5 nitrogen and oxygen atoms in total. The second kappa shape index (κ2) is 7.10. The van der Waals surface area contributed by atoms with Crippen molar-refractivity contribution in [3.05, 3.63) is 34.8 Å². The molecule has 2 aromatic rings. The van der Waals surface area contributed by atoms with E-state index in [1.165, 1.54) is 0 Å². The van der Waals surface area contributed by atoms with Gasteiger partial charge in [0.2, 0.25) is 5.91 Å². The fourth-order valence-corrected chi connectivity index (χ4v) is 3.31. The van der Waals surface area contributed by atoms with E-state index in [0.717, 1.165) is 41.5 Å². The Morgan fingerprint density at radius 1 is 1.39 bits per heavy atom.